The number of carbonyl (C=O) groups is 3. The molecule has 0 unspecified atom stereocenters. The number of nitrogens with zero attached hydrogens (tertiary/aromatic N) is 1. The number of esters is 1. The number of rotatable bonds is 6. The molecule has 9 nitrogen and oxygen atoms in total. The van der Waals surface area contributed by atoms with Crippen LogP contribution in [0.1, 0.15) is 28.6 Å². The summed E-state index contributed by atoms with van der Waals surface area (Å²) in [7, 11) is 1.42. The summed E-state index contributed by atoms with van der Waals surface area (Å²) in [6.07, 6.45) is 1.36. The Morgan fingerprint density at radius 1 is 1.03 bits per heavy atom. The fourth-order valence-corrected chi connectivity index (χ4v) is 2.81. The minimum atomic E-state index is -0.956. The molecule has 0 atom stereocenters. The smallest absolute Gasteiger partial charge is 0.379 e. The van der Waals surface area contributed by atoms with E-state index in [4.69, 9.17) is 25.5 Å². The minimum absolute atomic E-state index is 0.0489. The van der Waals surface area contributed by atoms with E-state index in [2.05, 4.69) is 15.8 Å². The second-order valence-corrected chi connectivity index (χ2v) is 7.20. The molecule has 2 aromatic carbocycles. The summed E-state index contributed by atoms with van der Waals surface area (Å²) < 4.78 is 15.6. The first kappa shape index (κ1) is 23.6. The molecule has 1 aromatic heterocycles. The van der Waals surface area contributed by atoms with Gasteiger partial charge in [0.1, 0.15) is 0 Å². The van der Waals surface area contributed by atoms with Gasteiger partial charge in [-0.25, -0.2) is 10.2 Å². The fraction of sp³-hybridized carbons (Fsp3) is 0.130. The van der Waals surface area contributed by atoms with Crippen LogP contribution < -0.4 is 20.2 Å². The summed E-state index contributed by atoms with van der Waals surface area (Å²) in [6.45, 7) is 3.45. The van der Waals surface area contributed by atoms with Crippen molar-refractivity contribution >= 4 is 40.8 Å². The molecule has 0 saturated heterocycles. The molecule has 0 aliphatic rings. The van der Waals surface area contributed by atoms with Crippen molar-refractivity contribution in [1.29, 1.82) is 0 Å². The number of methoxy groups -OCH3 is 1. The molecule has 0 bridgehead atoms. The van der Waals surface area contributed by atoms with Gasteiger partial charge in [0, 0.05) is 16.3 Å². The van der Waals surface area contributed by atoms with Crippen molar-refractivity contribution in [2.24, 2.45) is 5.10 Å². The van der Waals surface area contributed by atoms with E-state index in [9.17, 15) is 14.4 Å². The molecular weight excluding hydrogens is 450 g/mol. The quantitative estimate of drug-likeness (QED) is 0.185. The second-order valence-electron chi connectivity index (χ2n) is 6.79. The van der Waals surface area contributed by atoms with Crippen LogP contribution in [0.5, 0.6) is 11.5 Å². The highest BCUT2D eigenvalue weighted by Gasteiger charge is 2.17. The van der Waals surface area contributed by atoms with Crippen LogP contribution in [0.4, 0.5) is 5.69 Å². The molecule has 1 heterocycles. The third-order valence-corrected chi connectivity index (χ3v) is 4.87. The zero-order valence-corrected chi connectivity index (χ0v) is 18.7. The van der Waals surface area contributed by atoms with E-state index in [-0.39, 0.29) is 17.3 Å². The SMILES string of the molecule is COc1cc(/C(C)=N/NC(=O)C(=O)Nc2ccc(C)c(Cl)c2)ccc1OC(=O)c1ccco1. The van der Waals surface area contributed by atoms with Crippen molar-refractivity contribution in [2.45, 2.75) is 13.8 Å². The van der Waals surface area contributed by atoms with Gasteiger partial charge < -0.3 is 19.2 Å². The summed E-state index contributed by atoms with van der Waals surface area (Å²) in [5.41, 5.74) is 4.38. The van der Waals surface area contributed by atoms with Crippen LogP contribution in [0.25, 0.3) is 0 Å². The molecule has 3 rings (SSSR count). The van der Waals surface area contributed by atoms with Gasteiger partial charge in [0.05, 0.1) is 19.1 Å². The zero-order valence-electron chi connectivity index (χ0n) is 18.0. The van der Waals surface area contributed by atoms with E-state index in [1.54, 1.807) is 43.3 Å². The van der Waals surface area contributed by atoms with Gasteiger partial charge in [0.15, 0.2) is 11.5 Å². The predicted molar refractivity (Wildman–Crippen MR) is 122 cm³/mol. The van der Waals surface area contributed by atoms with Crippen LogP contribution in [-0.2, 0) is 9.59 Å². The van der Waals surface area contributed by atoms with Crippen LogP contribution >= 0.6 is 11.6 Å². The molecule has 3 aromatic rings. The predicted octanol–water partition coefficient (Wildman–Crippen LogP) is 3.95. The number of carbonyl (C=O) groups excluding carboxylic acids is 3. The van der Waals surface area contributed by atoms with Crippen molar-refractivity contribution in [3.05, 3.63) is 76.7 Å². The Morgan fingerprint density at radius 3 is 2.48 bits per heavy atom. The lowest BCUT2D eigenvalue weighted by Crippen LogP contribution is -2.32. The van der Waals surface area contributed by atoms with E-state index in [1.807, 2.05) is 6.92 Å². The maximum Gasteiger partial charge on any atom is 0.379 e. The minimum Gasteiger partial charge on any atom is -0.493 e. The van der Waals surface area contributed by atoms with E-state index in [1.165, 1.54) is 25.5 Å². The molecule has 0 saturated carbocycles. The van der Waals surface area contributed by atoms with E-state index in [0.717, 1.165) is 5.56 Å². The molecule has 0 spiro atoms. The van der Waals surface area contributed by atoms with Crippen LogP contribution in [0.15, 0.2) is 64.3 Å². The molecule has 0 radical (unpaired) electrons. The highest BCUT2D eigenvalue weighted by atomic mass is 35.5. The van der Waals surface area contributed by atoms with Gasteiger partial charge in [0.25, 0.3) is 0 Å². The van der Waals surface area contributed by atoms with Gasteiger partial charge in [-0.05, 0) is 61.9 Å². The van der Waals surface area contributed by atoms with Crippen LogP contribution in [0.3, 0.4) is 0 Å². The van der Waals surface area contributed by atoms with Crippen molar-refractivity contribution in [1.82, 2.24) is 5.43 Å². The van der Waals surface area contributed by atoms with Crippen molar-refractivity contribution in [3.63, 3.8) is 0 Å². The molecule has 2 amide bonds. The topological polar surface area (TPSA) is 119 Å². The molecule has 10 heteroatoms. The Bertz CT molecular complexity index is 1220. The van der Waals surface area contributed by atoms with Gasteiger partial charge in [-0.15, -0.1) is 0 Å². The van der Waals surface area contributed by atoms with Crippen molar-refractivity contribution < 1.29 is 28.3 Å². The molecule has 170 valence electrons. The molecular formula is C23H20ClN3O6. The highest BCUT2D eigenvalue weighted by Crippen LogP contribution is 2.29. The van der Waals surface area contributed by atoms with E-state index in [0.29, 0.717) is 22.0 Å². The average molecular weight is 470 g/mol. The lowest BCUT2D eigenvalue weighted by Gasteiger charge is -2.10. The molecule has 2 N–H and O–H groups in total. The summed E-state index contributed by atoms with van der Waals surface area (Å²) in [6, 6.07) is 12.7. The maximum atomic E-state index is 12.1. The van der Waals surface area contributed by atoms with Gasteiger partial charge >= 0.3 is 17.8 Å². The maximum absolute atomic E-state index is 12.1. The molecule has 0 aliphatic heterocycles. The number of hydrogen-bond acceptors (Lipinski definition) is 7. The van der Waals surface area contributed by atoms with Gasteiger partial charge in [0.2, 0.25) is 5.76 Å². The molecule has 0 aliphatic carbocycles. The summed E-state index contributed by atoms with van der Waals surface area (Å²) in [5, 5.41) is 6.86. The Morgan fingerprint density at radius 2 is 1.82 bits per heavy atom. The number of nitrogens with one attached hydrogen (secondary N) is 2. The number of ether oxygens (including phenoxy) is 2. The fourth-order valence-electron chi connectivity index (χ4n) is 2.63. The summed E-state index contributed by atoms with van der Waals surface area (Å²) >= 11 is 6.02. The number of aryl methyl sites for hydroxylation is 1. The van der Waals surface area contributed by atoms with E-state index < -0.39 is 17.8 Å². The van der Waals surface area contributed by atoms with Gasteiger partial charge in [-0.1, -0.05) is 17.7 Å². The number of anilines is 1. The highest BCUT2D eigenvalue weighted by molar-refractivity contribution is 6.40. The first-order chi connectivity index (χ1) is 15.8. The first-order valence-electron chi connectivity index (χ1n) is 9.64. The lowest BCUT2D eigenvalue weighted by atomic mass is 10.1. The normalized spacial score (nSPS) is 11.0. The van der Waals surface area contributed by atoms with Gasteiger partial charge in [-0.2, -0.15) is 5.10 Å². The van der Waals surface area contributed by atoms with Crippen LogP contribution in [0, 0.1) is 6.92 Å². The number of benzene rings is 2. The largest absolute Gasteiger partial charge is 0.493 e. The lowest BCUT2D eigenvalue weighted by molar-refractivity contribution is -0.136. The Balaban J connectivity index is 1.65. The van der Waals surface area contributed by atoms with Crippen molar-refractivity contribution in [2.75, 3.05) is 12.4 Å². The Hall–Kier alpha value is -4.11. The Labute approximate surface area is 194 Å². The first-order valence-corrected chi connectivity index (χ1v) is 10.0. The third kappa shape index (κ3) is 5.98. The number of hydrogen-bond donors (Lipinski definition) is 2. The van der Waals surface area contributed by atoms with Gasteiger partial charge in [-0.3, -0.25) is 9.59 Å². The van der Waals surface area contributed by atoms with E-state index >= 15 is 0 Å². The Kier molecular flexibility index (Phi) is 7.47. The summed E-state index contributed by atoms with van der Waals surface area (Å²) in [5.74, 6) is -2.04. The molecule has 0 fully saturated rings. The number of hydrazone groups is 1. The number of amides is 2. The van der Waals surface area contributed by atoms with Crippen LogP contribution in [-0.4, -0.2) is 30.6 Å². The average Bonchev–Trinajstić information content (AvgIpc) is 3.35. The second kappa shape index (κ2) is 10.5. The van der Waals surface area contributed by atoms with Crippen LogP contribution in [0.2, 0.25) is 5.02 Å². The number of furan rings is 1. The zero-order chi connectivity index (χ0) is 24.0. The third-order valence-electron chi connectivity index (χ3n) is 4.47. The standard InChI is InChI=1S/C23H20ClN3O6/c1-13-6-8-16(12-17(13)24)25-21(28)22(29)27-26-14(2)15-7-9-18(20(11-15)31-3)33-23(30)19-5-4-10-32-19/h4-12H,1-3H3,(H,25,28)(H,27,29)/b26-14+. The van der Waals surface area contributed by atoms with Crippen molar-refractivity contribution in [3.8, 4) is 11.5 Å². The molecule has 33 heavy (non-hydrogen) atoms. The summed E-state index contributed by atoms with van der Waals surface area (Å²) in [4.78, 5) is 36.3. The number of halogens is 1. The monoisotopic (exact) mass is 469 g/mol.